The number of carbonyl (C=O) groups is 5. The summed E-state index contributed by atoms with van der Waals surface area (Å²) < 4.78 is 27.8. The molecule has 0 aromatic rings. The summed E-state index contributed by atoms with van der Waals surface area (Å²) in [6.45, 7) is 13.8. The Hall–Kier alpha value is -3.04. The van der Waals surface area contributed by atoms with Gasteiger partial charge in [-0.2, -0.15) is 17.0 Å². The van der Waals surface area contributed by atoms with Crippen LogP contribution in [0.25, 0.3) is 0 Å². The van der Waals surface area contributed by atoms with E-state index in [2.05, 4.69) is 27.8 Å². The predicted molar refractivity (Wildman–Crippen MR) is 194 cm³/mol. The largest absolute Gasteiger partial charge is 0.346 e. The SMILES string of the molecule is C=CCNC(=O)C(=O)[C@@H]1CCCCCCCCC[C@H](NC(=O)NC(CN(C)S(=O)(=O)N(C)C)C(C)(C)C)C(=O)N2C[C@H](C(C)C)C[C@H]2C(=O)N1. The average molecular weight is 726 g/mol. The van der Waals surface area contributed by atoms with E-state index in [1.165, 1.54) is 36.4 Å². The molecule has 50 heavy (non-hydrogen) atoms. The van der Waals surface area contributed by atoms with Gasteiger partial charge in [0.2, 0.25) is 17.6 Å². The van der Waals surface area contributed by atoms with Crippen LogP contribution in [0.4, 0.5) is 4.79 Å². The zero-order valence-corrected chi connectivity index (χ0v) is 32.4. The number of ketones is 1. The van der Waals surface area contributed by atoms with Crippen LogP contribution in [0, 0.1) is 17.3 Å². The topological polar surface area (TPSA) is 177 Å². The lowest BCUT2D eigenvalue weighted by Crippen LogP contribution is -2.59. The van der Waals surface area contributed by atoms with Crippen molar-refractivity contribution < 1.29 is 32.4 Å². The van der Waals surface area contributed by atoms with E-state index in [4.69, 9.17) is 0 Å². The molecular formula is C35H63N7O7S. The molecule has 2 saturated heterocycles. The smallest absolute Gasteiger partial charge is 0.315 e. The van der Waals surface area contributed by atoms with Crippen molar-refractivity contribution in [2.75, 3.05) is 40.8 Å². The van der Waals surface area contributed by atoms with E-state index in [-0.39, 0.29) is 30.8 Å². The number of nitrogens with zero attached hydrogens (tertiary/aromatic N) is 3. The van der Waals surface area contributed by atoms with Gasteiger partial charge in [-0.15, -0.1) is 6.58 Å². The lowest BCUT2D eigenvalue weighted by molar-refractivity contribution is -0.142. The molecule has 2 fully saturated rings. The highest BCUT2D eigenvalue weighted by Crippen LogP contribution is 2.31. The normalized spacial score (nSPS) is 24.0. The van der Waals surface area contributed by atoms with Crippen LogP contribution in [-0.2, 0) is 29.4 Å². The third kappa shape index (κ3) is 12.6. The van der Waals surface area contributed by atoms with E-state index in [1.54, 1.807) is 0 Å². The fourth-order valence-electron chi connectivity index (χ4n) is 6.35. The van der Waals surface area contributed by atoms with Crippen molar-refractivity contribution in [1.82, 2.24) is 34.8 Å². The molecule has 1 unspecified atom stereocenters. The molecule has 0 aliphatic carbocycles. The quantitative estimate of drug-likeness (QED) is 0.187. The molecule has 2 heterocycles. The molecule has 0 radical (unpaired) electrons. The maximum atomic E-state index is 14.3. The van der Waals surface area contributed by atoms with E-state index < -0.39 is 63.4 Å². The molecule has 0 aromatic heterocycles. The average Bonchev–Trinajstić information content (AvgIpc) is 3.49. The van der Waals surface area contributed by atoms with Crippen LogP contribution in [0.2, 0.25) is 0 Å². The molecule has 2 rings (SSSR count). The molecule has 0 aromatic carbocycles. The van der Waals surface area contributed by atoms with Crippen molar-refractivity contribution in [2.45, 2.75) is 123 Å². The van der Waals surface area contributed by atoms with Crippen LogP contribution < -0.4 is 21.3 Å². The summed E-state index contributed by atoms with van der Waals surface area (Å²) >= 11 is 0. The summed E-state index contributed by atoms with van der Waals surface area (Å²) in [6, 6.07) is -4.05. The Bertz CT molecular complexity index is 1300. The first-order valence-corrected chi connectivity index (χ1v) is 19.5. The summed E-state index contributed by atoms with van der Waals surface area (Å²) in [5, 5.41) is 11.1. The molecule has 2 aliphatic rings. The Balaban J connectivity index is 2.38. The van der Waals surface area contributed by atoms with E-state index in [1.807, 2.05) is 34.6 Å². The van der Waals surface area contributed by atoms with Crippen LogP contribution in [0.3, 0.4) is 0 Å². The number of rotatable bonds is 11. The number of Topliss-reactive ketones (excluding diaryl/α,β-unsaturated/α-hetero) is 1. The van der Waals surface area contributed by atoms with Crippen molar-refractivity contribution in [2.24, 2.45) is 17.3 Å². The van der Waals surface area contributed by atoms with Crippen LogP contribution in [0.15, 0.2) is 12.7 Å². The monoisotopic (exact) mass is 725 g/mol. The van der Waals surface area contributed by atoms with Crippen molar-refractivity contribution in [3.8, 4) is 0 Å². The molecule has 5 atom stereocenters. The molecule has 2 aliphatic heterocycles. The number of likely N-dealkylation sites (N-methyl/N-ethyl adjacent to an activating group) is 1. The number of fused-ring (bicyclic) bond motifs is 1. The molecule has 15 heteroatoms. The second-order valence-corrected chi connectivity index (χ2v) is 17.6. The molecule has 0 saturated carbocycles. The number of carbonyl (C=O) groups excluding carboxylic acids is 5. The lowest BCUT2D eigenvalue weighted by atomic mass is 9.87. The number of hydrogen-bond acceptors (Lipinski definition) is 7. The number of nitrogens with one attached hydrogen (secondary N) is 4. The molecule has 14 nitrogen and oxygen atoms in total. The predicted octanol–water partition coefficient (Wildman–Crippen LogP) is 2.56. The van der Waals surface area contributed by atoms with Crippen molar-refractivity contribution in [1.29, 1.82) is 0 Å². The summed E-state index contributed by atoms with van der Waals surface area (Å²) in [7, 11) is 0.598. The summed E-state index contributed by atoms with van der Waals surface area (Å²) in [5.41, 5.74) is -0.531. The third-order valence-corrected chi connectivity index (χ3v) is 11.7. The van der Waals surface area contributed by atoms with Gasteiger partial charge in [-0.1, -0.05) is 85.6 Å². The maximum absolute atomic E-state index is 14.3. The first kappa shape index (κ1) is 43.1. The highest BCUT2D eigenvalue weighted by atomic mass is 32.2. The van der Waals surface area contributed by atoms with E-state index in [0.717, 1.165) is 36.4 Å². The summed E-state index contributed by atoms with van der Waals surface area (Å²) in [4.78, 5) is 69.1. The van der Waals surface area contributed by atoms with Gasteiger partial charge in [0.1, 0.15) is 12.1 Å². The van der Waals surface area contributed by atoms with Gasteiger partial charge >= 0.3 is 6.03 Å². The summed E-state index contributed by atoms with van der Waals surface area (Å²) in [5.74, 6) is -2.23. The van der Waals surface area contributed by atoms with Crippen LogP contribution in [-0.4, -0.2) is 116 Å². The molecule has 4 N–H and O–H groups in total. The number of urea groups is 1. The van der Waals surface area contributed by atoms with Gasteiger partial charge in [0.25, 0.3) is 16.1 Å². The minimum absolute atomic E-state index is 0.00594. The maximum Gasteiger partial charge on any atom is 0.315 e. The van der Waals surface area contributed by atoms with Crippen molar-refractivity contribution >= 4 is 39.7 Å². The zero-order chi connectivity index (χ0) is 37.8. The first-order chi connectivity index (χ1) is 23.3. The Morgan fingerprint density at radius 2 is 1.58 bits per heavy atom. The summed E-state index contributed by atoms with van der Waals surface area (Å²) in [6.07, 6.45) is 8.42. The fourth-order valence-corrected chi connectivity index (χ4v) is 7.25. The van der Waals surface area contributed by atoms with Crippen molar-refractivity contribution in [3.05, 3.63) is 12.7 Å². The van der Waals surface area contributed by atoms with Gasteiger partial charge in [-0.25, -0.2) is 4.79 Å². The van der Waals surface area contributed by atoms with Gasteiger partial charge < -0.3 is 26.2 Å². The van der Waals surface area contributed by atoms with E-state index in [9.17, 15) is 32.4 Å². The van der Waals surface area contributed by atoms with Crippen LogP contribution in [0.5, 0.6) is 0 Å². The van der Waals surface area contributed by atoms with E-state index in [0.29, 0.717) is 38.6 Å². The van der Waals surface area contributed by atoms with Gasteiger partial charge in [0.15, 0.2) is 0 Å². The second kappa shape index (κ2) is 19.5. The Morgan fingerprint density at radius 3 is 2.12 bits per heavy atom. The minimum Gasteiger partial charge on any atom is -0.346 e. The molecule has 0 bridgehead atoms. The zero-order valence-electron chi connectivity index (χ0n) is 31.5. The van der Waals surface area contributed by atoms with Gasteiger partial charge in [-0.3, -0.25) is 19.2 Å². The highest BCUT2D eigenvalue weighted by Gasteiger charge is 2.44. The van der Waals surface area contributed by atoms with Gasteiger partial charge in [0, 0.05) is 46.8 Å². The standard InChI is InChI=1S/C35H63N7O7S/c1-10-20-36-32(45)30(43)26-18-16-14-12-11-13-15-17-19-27(33(46)42-22-25(24(2)3)21-28(42)31(44)37-26)38-34(47)39-29(35(4,5)6)23-41(9)50(48,49)40(7)8/h10,24-29H,1,11-23H2,2-9H3,(H,36,45)(H,37,44)(H2,38,39,47)/t25-,26+,27+,28+,29?/m1/s1. The third-order valence-electron chi connectivity index (χ3n) is 9.86. The van der Waals surface area contributed by atoms with Gasteiger partial charge in [-0.05, 0) is 36.5 Å². The minimum atomic E-state index is -3.73. The second-order valence-electron chi connectivity index (χ2n) is 15.4. The van der Waals surface area contributed by atoms with Crippen LogP contribution >= 0.6 is 0 Å². The molecular weight excluding hydrogens is 662 g/mol. The molecule has 5 amide bonds. The molecule has 0 spiro atoms. The Kier molecular flexibility index (Phi) is 16.8. The fraction of sp³-hybridized carbons (Fsp3) is 0.800. The number of hydrogen-bond donors (Lipinski definition) is 4. The van der Waals surface area contributed by atoms with Gasteiger partial charge in [0.05, 0.1) is 6.04 Å². The van der Waals surface area contributed by atoms with Crippen LogP contribution in [0.1, 0.15) is 98.8 Å². The molecule has 286 valence electrons. The Morgan fingerprint density at radius 1 is 1.00 bits per heavy atom. The first-order valence-electron chi connectivity index (χ1n) is 18.1. The number of amides is 5. The van der Waals surface area contributed by atoms with E-state index >= 15 is 0 Å². The lowest BCUT2D eigenvalue weighted by Gasteiger charge is -2.35. The highest BCUT2D eigenvalue weighted by molar-refractivity contribution is 7.86. The van der Waals surface area contributed by atoms with Crippen molar-refractivity contribution in [3.63, 3.8) is 0 Å². The Labute approximate surface area is 300 Å².